The van der Waals surface area contributed by atoms with Crippen molar-refractivity contribution in [1.29, 1.82) is 0 Å². The molecule has 1 atom stereocenters. The number of hydrogen-bond donors (Lipinski definition) is 1. The van der Waals surface area contributed by atoms with Gasteiger partial charge in [0.25, 0.3) is 0 Å². The fourth-order valence-electron chi connectivity index (χ4n) is 3.55. The zero-order valence-corrected chi connectivity index (χ0v) is 13.3. The molecular weight excluding hydrogens is 294 g/mol. The van der Waals surface area contributed by atoms with Crippen molar-refractivity contribution in [3.8, 4) is 5.75 Å². The van der Waals surface area contributed by atoms with E-state index >= 15 is 0 Å². The molecule has 0 spiro atoms. The zero-order chi connectivity index (χ0) is 16.2. The molecule has 0 aliphatic carbocycles. The molecule has 2 aliphatic heterocycles. The van der Waals surface area contributed by atoms with E-state index in [0.717, 1.165) is 50.1 Å². The number of benzene rings is 1. The van der Waals surface area contributed by atoms with Crippen molar-refractivity contribution in [3.05, 3.63) is 29.3 Å². The molecule has 2 heterocycles. The minimum absolute atomic E-state index is 0.0742. The van der Waals surface area contributed by atoms with Gasteiger partial charge < -0.3 is 14.7 Å². The summed E-state index contributed by atoms with van der Waals surface area (Å²) in [6, 6.07) is 6.04. The van der Waals surface area contributed by atoms with Gasteiger partial charge >= 0.3 is 5.97 Å². The molecule has 0 saturated carbocycles. The third kappa shape index (κ3) is 3.84. The Hall–Kier alpha value is -2.04. The fraction of sp³-hybridized carbons (Fsp3) is 0.556. The number of hydrogen-bond acceptors (Lipinski definition) is 3. The quantitative estimate of drug-likeness (QED) is 0.905. The van der Waals surface area contributed by atoms with Crippen molar-refractivity contribution >= 4 is 11.9 Å². The number of nitrogens with zero attached hydrogens (tertiary/aromatic N) is 1. The van der Waals surface area contributed by atoms with Crippen molar-refractivity contribution in [2.24, 2.45) is 0 Å². The second kappa shape index (κ2) is 7.02. The van der Waals surface area contributed by atoms with Gasteiger partial charge in [-0.05, 0) is 42.9 Å². The molecule has 1 amide bonds. The average Bonchev–Trinajstić information content (AvgIpc) is 3.00. The van der Waals surface area contributed by atoms with Crippen LogP contribution in [0.3, 0.4) is 0 Å². The number of fused-ring (bicyclic) bond motifs is 1. The van der Waals surface area contributed by atoms with Crippen LogP contribution in [0.5, 0.6) is 5.75 Å². The number of amides is 1. The molecule has 5 heteroatoms. The van der Waals surface area contributed by atoms with E-state index in [1.807, 2.05) is 17.0 Å². The van der Waals surface area contributed by atoms with Crippen LogP contribution >= 0.6 is 0 Å². The summed E-state index contributed by atoms with van der Waals surface area (Å²) < 4.78 is 5.50. The number of piperidine rings is 1. The van der Waals surface area contributed by atoms with E-state index in [9.17, 15) is 9.59 Å². The summed E-state index contributed by atoms with van der Waals surface area (Å²) in [6.45, 7) is 1.47. The maximum absolute atomic E-state index is 12.7. The SMILES string of the molecule is O=C(O)CCC1CCCCN1C(=O)Cc1ccc2c(c1)CCO2. The van der Waals surface area contributed by atoms with Crippen LogP contribution in [-0.4, -0.2) is 41.1 Å². The third-order valence-electron chi connectivity index (χ3n) is 4.75. The average molecular weight is 317 g/mol. The lowest BCUT2D eigenvalue weighted by atomic mass is 9.96. The number of ether oxygens (including phenoxy) is 1. The molecule has 0 radical (unpaired) electrons. The standard InChI is InChI=1S/C18H23NO4/c20-17(12-13-4-6-16-14(11-13)8-10-23-16)19-9-2-1-3-15(19)5-7-18(21)22/h4,6,11,15H,1-3,5,7-10,12H2,(H,21,22). The van der Waals surface area contributed by atoms with E-state index in [0.29, 0.717) is 12.8 Å². The van der Waals surface area contributed by atoms with Crippen molar-refractivity contribution < 1.29 is 19.4 Å². The van der Waals surface area contributed by atoms with Crippen LogP contribution in [0.15, 0.2) is 18.2 Å². The summed E-state index contributed by atoms with van der Waals surface area (Å²) in [4.78, 5) is 25.4. The van der Waals surface area contributed by atoms with E-state index in [4.69, 9.17) is 9.84 Å². The number of carbonyl (C=O) groups excluding carboxylic acids is 1. The van der Waals surface area contributed by atoms with E-state index in [2.05, 4.69) is 6.07 Å². The minimum atomic E-state index is -0.790. The lowest BCUT2D eigenvalue weighted by Crippen LogP contribution is -2.44. The monoisotopic (exact) mass is 317 g/mol. The number of aliphatic carboxylic acids is 1. The lowest BCUT2D eigenvalue weighted by molar-refractivity contribution is -0.139. The van der Waals surface area contributed by atoms with Crippen LogP contribution in [0.2, 0.25) is 0 Å². The van der Waals surface area contributed by atoms with E-state index < -0.39 is 5.97 Å². The fourth-order valence-corrected chi connectivity index (χ4v) is 3.55. The minimum Gasteiger partial charge on any atom is -0.493 e. The van der Waals surface area contributed by atoms with Crippen molar-refractivity contribution in [2.45, 2.75) is 51.0 Å². The predicted octanol–water partition coefficient (Wildman–Crippen LogP) is 2.41. The van der Waals surface area contributed by atoms with Gasteiger partial charge in [0.2, 0.25) is 5.91 Å². The van der Waals surface area contributed by atoms with Gasteiger partial charge in [-0.3, -0.25) is 9.59 Å². The zero-order valence-electron chi connectivity index (χ0n) is 13.3. The summed E-state index contributed by atoms with van der Waals surface area (Å²) in [5.41, 5.74) is 2.19. The highest BCUT2D eigenvalue weighted by Crippen LogP contribution is 2.27. The molecule has 2 aliphatic rings. The predicted molar refractivity (Wildman–Crippen MR) is 85.6 cm³/mol. The van der Waals surface area contributed by atoms with Crippen LogP contribution < -0.4 is 4.74 Å². The highest BCUT2D eigenvalue weighted by Gasteiger charge is 2.27. The molecule has 1 N–H and O–H groups in total. The molecule has 1 fully saturated rings. The first-order chi connectivity index (χ1) is 11.1. The van der Waals surface area contributed by atoms with E-state index in [1.54, 1.807) is 0 Å². The molecule has 0 bridgehead atoms. The Labute approximate surface area is 136 Å². The Bertz CT molecular complexity index is 599. The smallest absolute Gasteiger partial charge is 0.303 e. The summed E-state index contributed by atoms with van der Waals surface area (Å²) >= 11 is 0. The molecule has 3 rings (SSSR count). The number of carbonyl (C=O) groups is 2. The van der Waals surface area contributed by atoms with Gasteiger partial charge in [-0.25, -0.2) is 0 Å². The highest BCUT2D eigenvalue weighted by molar-refractivity contribution is 5.79. The van der Waals surface area contributed by atoms with Gasteiger partial charge in [0.1, 0.15) is 5.75 Å². The number of carboxylic acids is 1. The van der Waals surface area contributed by atoms with Crippen molar-refractivity contribution in [1.82, 2.24) is 4.90 Å². The Balaban J connectivity index is 1.64. The molecular formula is C18H23NO4. The van der Waals surface area contributed by atoms with Gasteiger partial charge in [0.05, 0.1) is 13.0 Å². The summed E-state index contributed by atoms with van der Waals surface area (Å²) in [5.74, 6) is 0.249. The van der Waals surface area contributed by atoms with E-state index in [-0.39, 0.29) is 18.4 Å². The number of likely N-dealkylation sites (tertiary alicyclic amines) is 1. The van der Waals surface area contributed by atoms with Gasteiger partial charge in [-0.1, -0.05) is 12.1 Å². The maximum atomic E-state index is 12.7. The van der Waals surface area contributed by atoms with Gasteiger partial charge in [-0.15, -0.1) is 0 Å². The van der Waals surface area contributed by atoms with Crippen LogP contribution in [0.4, 0.5) is 0 Å². The molecule has 1 aromatic rings. The topological polar surface area (TPSA) is 66.8 Å². The first kappa shape index (κ1) is 15.8. The largest absolute Gasteiger partial charge is 0.493 e. The van der Waals surface area contributed by atoms with Gasteiger partial charge in [0, 0.05) is 25.4 Å². The Morgan fingerprint density at radius 2 is 2.17 bits per heavy atom. The van der Waals surface area contributed by atoms with Crippen molar-refractivity contribution in [2.75, 3.05) is 13.2 Å². The van der Waals surface area contributed by atoms with Crippen LogP contribution in [-0.2, 0) is 22.4 Å². The lowest BCUT2D eigenvalue weighted by Gasteiger charge is -2.36. The first-order valence-corrected chi connectivity index (χ1v) is 8.39. The third-order valence-corrected chi connectivity index (χ3v) is 4.75. The maximum Gasteiger partial charge on any atom is 0.303 e. The summed E-state index contributed by atoms with van der Waals surface area (Å²) in [7, 11) is 0. The van der Waals surface area contributed by atoms with Crippen LogP contribution in [0.25, 0.3) is 0 Å². The molecule has 1 unspecified atom stereocenters. The molecule has 1 saturated heterocycles. The Morgan fingerprint density at radius 1 is 1.30 bits per heavy atom. The number of rotatable bonds is 5. The van der Waals surface area contributed by atoms with Gasteiger partial charge in [0.15, 0.2) is 0 Å². The molecule has 0 aromatic heterocycles. The normalized spacial score (nSPS) is 20.0. The van der Waals surface area contributed by atoms with Gasteiger partial charge in [-0.2, -0.15) is 0 Å². The second-order valence-electron chi connectivity index (χ2n) is 6.39. The molecule has 5 nitrogen and oxygen atoms in total. The van der Waals surface area contributed by atoms with E-state index in [1.165, 1.54) is 5.56 Å². The Morgan fingerprint density at radius 3 is 3.00 bits per heavy atom. The van der Waals surface area contributed by atoms with Crippen molar-refractivity contribution in [3.63, 3.8) is 0 Å². The second-order valence-corrected chi connectivity index (χ2v) is 6.39. The highest BCUT2D eigenvalue weighted by atomic mass is 16.5. The Kier molecular flexibility index (Phi) is 4.84. The summed E-state index contributed by atoms with van der Waals surface area (Å²) in [6.07, 6.45) is 4.97. The van der Waals surface area contributed by atoms with Crippen LogP contribution in [0.1, 0.15) is 43.2 Å². The molecule has 23 heavy (non-hydrogen) atoms. The summed E-state index contributed by atoms with van der Waals surface area (Å²) in [5, 5.41) is 8.88. The first-order valence-electron chi connectivity index (χ1n) is 8.39. The molecule has 124 valence electrons. The van der Waals surface area contributed by atoms with Crippen LogP contribution in [0, 0.1) is 0 Å². The molecule has 1 aromatic carbocycles. The number of carboxylic acid groups (broad SMARTS) is 1.